The van der Waals surface area contributed by atoms with E-state index in [2.05, 4.69) is 26.2 Å². The fourth-order valence-corrected chi connectivity index (χ4v) is 1.93. The third-order valence-corrected chi connectivity index (χ3v) is 3.10. The van der Waals surface area contributed by atoms with Gasteiger partial charge in [-0.3, -0.25) is 9.78 Å². The summed E-state index contributed by atoms with van der Waals surface area (Å²) in [4.78, 5) is 15.7. The quantitative estimate of drug-likeness (QED) is 0.941. The van der Waals surface area contributed by atoms with Gasteiger partial charge in [0.05, 0.1) is 5.56 Å². The van der Waals surface area contributed by atoms with Crippen molar-refractivity contribution in [3.8, 4) is 0 Å². The molecule has 0 unspecified atom stereocenters. The summed E-state index contributed by atoms with van der Waals surface area (Å²) in [6.45, 7) is -0.0142. The highest BCUT2D eigenvalue weighted by Crippen LogP contribution is 2.15. The van der Waals surface area contributed by atoms with Crippen LogP contribution in [-0.4, -0.2) is 10.9 Å². The van der Waals surface area contributed by atoms with Gasteiger partial charge in [0.25, 0.3) is 5.91 Å². The van der Waals surface area contributed by atoms with Gasteiger partial charge in [-0.1, -0.05) is 6.07 Å². The van der Waals surface area contributed by atoms with Gasteiger partial charge in [0, 0.05) is 35.0 Å². The number of halogens is 3. The number of rotatable bonds is 3. The van der Waals surface area contributed by atoms with Crippen LogP contribution in [0.1, 0.15) is 15.9 Å². The molecular weight excluding hydrogens is 318 g/mol. The molecule has 0 radical (unpaired) electrons. The van der Waals surface area contributed by atoms with E-state index in [9.17, 15) is 13.6 Å². The fourth-order valence-electron chi connectivity index (χ4n) is 1.50. The van der Waals surface area contributed by atoms with Gasteiger partial charge in [-0.15, -0.1) is 0 Å². The summed E-state index contributed by atoms with van der Waals surface area (Å²) in [5.41, 5.74) is 0.623. The maximum absolute atomic E-state index is 13.4. The second kappa shape index (κ2) is 5.88. The number of hydrogen-bond donors (Lipinski definition) is 1. The monoisotopic (exact) mass is 326 g/mol. The molecule has 3 nitrogen and oxygen atoms in total. The number of pyridine rings is 1. The van der Waals surface area contributed by atoms with Crippen molar-refractivity contribution in [1.82, 2.24) is 10.3 Å². The summed E-state index contributed by atoms with van der Waals surface area (Å²) in [6.07, 6.45) is 2.98. The van der Waals surface area contributed by atoms with Gasteiger partial charge in [-0.2, -0.15) is 0 Å². The average molecular weight is 327 g/mol. The Bertz CT molecular complexity index is 619. The number of carbonyl (C=O) groups is 1. The van der Waals surface area contributed by atoms with E-state index < -0.39 is 11.6 Å². The van der Waals surface area contributed by atoms with Crippen LogP contribution >= 0.6 is 15.9 Å². The van der Waals surface area contributed by atoms with Crippen LogP contribution in [0.5, 0.6) is 0 Å². The maximum Gasteiger partial charge on any atom is 0.252 e. The zero-order chi connectivity index (χ0) is 13.8. The highest BCUT2D eigenvalue weighted by molar-refractivity contribution is 9.10. The second-order valence-corrected chi connectivity index (χ2v) is 4.63. The highest BCUT2D eigenvalue weighted by Gasteiger charge is 2.10. The summed E-state index contributed by atoms with van der Waals surface area (Å²) < 4.78 is 26.6. The Morgan fingerprint density at radius 3 is 2.79 bits per heavy atom. The minimum absolute atomic E-state index is 0.0142. The third-order valence-electron chi connectivity index (χ3n) is 2.47. The molecule has 0 spiro atoms. The average Bonchev–Trinajstić information content (AvgIpc) is 2.38. The SMILES string of the molecule is O=C(NCc1ccc(F)cc1F)c1ccncc1Br. The molecule has 0 aliphatic carbocycles. The first-order valence-corrected chi connectivity index (χ1v) is 6.19. The lowest BCUT2D eigenvalue weighted by molar-refractivity contribution is 0.0949. The number of nitrogens with zero attached hydrogens (tertiary/aromatic N) is 1. The van der Waals surface area contributed by atoms with Gasteiger partial charge in [0.2, 0.25) is 0 Å². The van der Waals surface area contributed by atoms with E-state index in [4.69, 9.17) is 0 Å². The lowest BCUT2D eigenvalue weighted by Crippen LogP contribution is -2.23. The standard InChI is InChI=1S/C13H9BrF2N2O/c14-11-7-17-4-3-10(11)13(19)18-6-8-1-2-9(15)5-12(8)16/h1-5,7H,6H2,(H,18,19). The number of carbonyl (C=O) groups excluding carboxylic acids is 1. The molecule has 1 N–H and O–H groups in total. The molecule has 2 aromatic rings. The molecular formula is C13H9BrF2N2O. The smallest absolute Gasteiger partial charge is 0.252 e. The number of hydrogen-bond acceptors (Lipinski definition) is 2. The van der Waals surface area contributed by atoms with Gasteiger partial charge in [0.1, 0.15) is 11.6 Å². The van der Waals surface area contributed by atoms with Crippen molar-refractivity contribution in [2.45, 2.75) is 6.54 Å². The molecule has 0 saturated carbocycles. The van der Waals surface area contributed by atoms with Crippen molar-refractivity contribution < 1.29 is 13.6 Å². The van der Waals surface area contributed by atoms with Gasteiger partial charge in [-0.05, 0) is 28.1 Å². The van der Waals surface area contributed by atoms with E-state index in [1.807, 2.05) is 0 Å². The van der Waals surface area contributed by atoms with Gasteiger partial charge in [0.15, 0.2) is 0 Å². The number of amides is 1. The molecule has 0 atom stereocenters. The molecule has 0 saturated heterocycles. The molecule has 0 aliphatic heterocycles. The van der Waals surface area contributed by atoms with E-state index in [1.54, 1.807) is 6.07 Å². The molecule has 98 valence electrons. The Labute approximate surface area is 116 Å². The van der Waals surface area contributed by atoms with Gasteiger partial charge in [-0.25, -0.2) is 8.78 Å². The van der Waals surface area contributed by atoms with Crippen LogP contribution < -0.4 is 5.32 Å². The van der Waals surface area contributed by atoms with Crippen LogP contribution in [0.4, 0.5) is 8.78 Å². The van der Waals surface area contributed by atoms with Crippen LogP contribution in [0, 0.1) is 11.6 Å². The van der Waals surface area contributed by atoms with Crippen molar-refractivity contribution in [2.75, 3.05) is 0 Å². The van der Waals surface area contributed by atoms with Crippen molar-refractivity contribution in [3.05, 3.63) is 63.9 Å². The Hall–Kier alpha value is -1.82. The molecule has 1 amide bonds. The normalized spacial score (nSPS) is 10.3. The highest BCUT2D eigenvalue weighted by atomic mass is 79.9. The van der Waals surface area contributed by atoms with E-state index in [0.29, 0.717) is 10.0 Å². The number of nitrogens with one attached hydrogen (secondary N) is 1. The first-order valence-electron chi connectivity index (χ1n) is 5.39. The molecule has 6 heteroatoms. The molecule has 2 rings (SSSR count). The lowest BCUT2D eigenvalue weighted by Gasteiger charge is -2.07. The summed E-state index contributed by atoms with van der Waals surface area (Å²) in [6, 6.07) is 4.77. The molecule has 19 heavy (non-hydrogen) atoms. The second-order valence-electron chi connectivity index (χ2n) is 3.77. The molecule has 0 aliphatic rings. The minimum atomic E-state index is -0.686. The third kappa shape index (κ3) is 3.35. The molecule has 1 heterocycles. The fraction of sp³-hybridized carbons (Fsp3) is 0.0769. The molecule has 1 aromatic carbocycles. The predicted octanol–water partition coefficient (Wildman–Crippen LogP) is 3.05. The van der Waals surface area contributed by atoms with E-state index in [0.717, 1.165) is 12.1 Å². The Balaban J connectivity index is 2.07. The van der Waals surface area contributed by atoms with Crippen LogP contribution in [0.2, 0.25) is 0 Å². The van der Waals surface area contributed by atoms with E-state index >= 15 is 0 Å². The summed E-state index contributed by atoms with van der Waals surface area (Å²) >= 11 is 3.20. The summed E-state index contributed by atoms with van der Waals surface area (Å²) in [5.74, 6) is -1.70. The van der Waals surface area contributed by atoms with Crippen LogP contribution in [0.3, 0.4) is 0 Å². The molecule has 0 bridgehead atoms. The van der Waals surface area contributed by atoms with Crippen LogP contribution in [0.25, 0.3) is 0 Å². The number of benzene rings is 1. The lowest BCUT2D eigenvalue weighted by atomic mass is 10.2. The van der Waals surface area contributed by atoms with Crippen molar-refractivity contribution in [2.24, 2.45) is 0 Å². The van der Waals surface area contributed by atoms with Gasteiger partial charge >= 0.3 is 0 Å². The van der Waals surface area contributed by atoms with Crippen molar-refractivity contribution in [3.63, 3.8) is 0 Å². The van der Waals surface area contributed by atoms with Crippen molar-refractivity contribution in [1.29, 1.82) is 0 Å². The molecule has 1 aromatic heterocycles. The predicted molar refractivity (Wildman–Crippen MR) is 69.5 cm³/mol. The van der Waals surface area contributed by atoms with Crippen molar-refractivity contribution >= 4 is 21.8 Å². The van der Waals surface area contributed by atoms with E-state index in [1.165, 1.54) is 18.5 Å². The van der Waals surface area contributed by atoms with Gasteiger partial charge < -0.3 is 5.32 Å². The first-order chi connectivity index (χ1) is 9.08. The van der Waals surface area contributed by atoms with Crippen LogP contribution in [-0.2, 0) is 6.54 Å². The minimum Gasteiger partial charge on any atom is -0.348 e. The first kappa shape index (κ1) is 13.6. The largest absolute Gasteiger partial charge is 0.348 e. The zero-order valence-electron chi connectivity index (χ0n) is 9.66. The zero-order valence-corrected chi connectivity index (χ0v) is 11.2. The Kier molecular flexibility index (Phi) is 4.21. The molecule has 0 fully saturated rings. The summed E-state index contributed by atoms with van der Waals surface area (Å²) in [7, 11) is 0. The van der Waals surface area contributed by atoms with Crippen LogP contribution in [0.15, 0.2) is 41.1 Å². The topological polar surface area (TPSA) is 42.0 Å². The summed E-state index contributed by atoms with van der Waals surface area (Å²) in [5, 5.41) is 2.56. The number of aromatic nitrogens is 1. The Morgan fingerprint density at radius 2 is 2.11 bits per heavy atom. The Morgan fingerprint density at radius 1 is 1.32 bits per heavy atom. The van der Waals surface area contributed by atoms with E-state index in [-0.39, 0.29) is 18.0 Å². The maximum atomic E-state index is 13.4.